The van der Waals surface area contributed by atoms with Crippen molar-refractivity contribution in [2.75, 3.05) is 0 Å². The first-order chi connectivity index (χ1) is 13.4. The van der Waals surface area contributed by atoms with Crippen LogP contribution in [0, 0.1) is 11.8 Å². The number of hydrogen-bond donors (Lipinski definition) is 2. The maximum atomic E-state index is 11.8. The molecule has 0 saturated heterocycles. The summed E-state index contributed by atoms with van der Waals surface area (Å²) in [5.41, 5.74) is 1.89. The van der Waals surface area contributed by atoms with Crippen LogP contribution < -0.4 is 0 Å². The van der Waals surface area contributed by atoms with E-state index in [2.05, 4.69) is 27.7 Å². The number of carboxylic acid groups (broad SMARTS) is 2. The first-order valence-electron chi connectivity index (χ1n) is 11.0. The third-order valence-corrected chi connectivity index (χ3v) is 5.89. The summed E-state index contributed by atoms with van der Waals surface area (Å²) in [6.07, 6.45) is 10.1. The van der Waals surface area contributed by atoms with Gasteiger partial charge in [-0.2, -0.15) is 0 Å². The fraction of sp³-hybridized carbons (Fsp3) is 0.667. The minimum Gasteiger partial charge on any atom is -0.478 e. The Hall–Kier alpha value is -1.84. The lowest BCUT2D eigenvalue weighted by molar-refractivity contribution is 0.0694. The molecule has 0 radical (unpaired) electrons. The average Bonchev–Trinajstić information content (AvgIpc) is 2.67. The van der Waals surface area contributed by atoms with E-state index in [9.17, 15) is 19.8 Å². The van der Waals surface area contributed by atoms with Gasteiger partial charge in [-0.1, -0.05) is 85.1 Å². The topological polar surface area (TPSA) is 74.6 Å². The molecule has 2 atom stereocenters. The second-order valence-electron chi connectivity index (χ2n) is 8.02. The molecule has 1 aromatic rings. The number of carbonyl (C=O) groups is 2. The van der Waals surface area contributed by atoms with Crippen molar-refractivity contribution < 1.29 is 19.8 Å². The quantitative estimate of drug-likeness (QED) is 0.375. The van der Waals surface area contributed by atoms with Crippen molar-refractivity contribution in [3.05, 3.63) is 34.4 Å². The maximum absolute atomic E-state index is 11.8. The van der Waals surface area contributed by atoms with Gasteiger partial charge in [-0.3, -0.25) is 0 Å². The van der Waals surface area contributed by atoms with Crippen LogP contribution in [0.2, 0.25) is 0 Å². The summed E-state index contributed by atoms with van der Waals surface area (Å²) < 4.78 is 0. The van der Waals surface area contributed by atoms with Crippen LogP contribution in [0.5, 0.6) is 0 Å². The Morgan fingerprint density at radius 2 is 1.14 bits per heavy atom. The van der Waals surface area contributed by atoms with E-state index >= 15 is 0 Å². The summed E-state index contributed by atoms with van der Waals surface area (Å²) in [5.74, 6) is -1.20. The molecule has 1 aromatic carbocycles. The predicted octanol–water partition coefficient (Wildman–Crippen LogP) is 6.60. The summed E-state index contributed by atoms with van der Waals surface area (Å²) in [7, 11) is 0. The van der Waals surface area contributed by atoms with Crippen LogP contribution in [-0.2, 0) is 12.8 Å². The number of aromatic carboxylic acids is 2. The Kier molecular flexibility index (Phi) is 10.9. The molecule has 2 unspecified atom stereocenters. The molecule has 0 aromatic heterocycles. The second kappa shape index (κ2) is 12.6. The fourth-order valence-electron chi connectivity index (χ4n) is 3.94. The van der Waals surface area contributed by atoms with E-state index in [0.29, 0.717) is 24.7 Å². The molecule has 0 aliphatic rings. The van der Waals surface area contributed by atoms with Gasteiger partial charge in [0.15, 0.2) is 0 Å². The van der Waals surface area contributed by atoms with E-state index in [1.165, 1.54) is 6.07 Å². The van der Waals surface area contributed by atoms with Crippen LogP contribution in [0.25, 0.3) is 0 Å². The van der Waals surface area contributed by atoms with Gasteiger partial charge >= 0.3 is 11.9 Å². The van der Waals surface area contributed by atoms with Crippen LogP contribution in [0.1, 0.15) is 111 Å². The molecule has 0 heterocycles. The van der Waals surface area contributed by atoms with E-state index in [1.54, 1.807) is 0 Å². The van der Waals surface area contributed by atoms with Crippen molar-refractivity contribution in [1.29, 1.82) is 0 Å². The van der Waals surface area contributed by atoms with Crippen LogP contribution in [-0.4, -0.2) is 22.2 Å². The van der Waals surface area contributed by atoms with Gasteiger partial charge in [-0.05, 0) is 41.9 Å². The molecule has 0 aliphatic carbocycles. The summed E-state index contributed by atoms with van der Waals surface area (Å²) >= 11 is 0. The summed E-state index contributed by atoms with van der Waals surface area (Å²) in [4.78, 5) is 23.6. The molecule has 0 saturated carbocycles. The lowest BCUT2D eigenvalue weighted by atomic mass is 9.84. The molecule has 4 heteroatoms. The summed E-state index contributed by atoms with van der Waals surface area (Å²) in [5, 5.41) is 19.4. The molecular formula is C24H38O4. The lowest BCUT2D eigenvalue weighted by Gasteiger charge is -2.20. The standard InChI is InChI=1S/C24H38O4/c1-5-9-11-17(7-3)13-19-15-20(14-18(8-4)12-10-6-2)22(24(27)28)16-21(19)23(25)26/h15-18H,5-14H2,1-4H3,(H,25,26)(H,27,28). The smallest absolute Gasteiger partial charge is 0.335 e. The first kappa shape index (κ1) is 24.2. The fourth-order valence-corrected chi connectivity index (χ4v) is 3.94. The Morgan fingerprint density at radius 3 is 1.43 bits per heavy atom. The minimum absolute atomic E-state index is 0.151. The van der Waals surface area contributed by atoms with Crippen molar-refractivity contribution >= 4 is 11.9 Å². The predicted molar refractivity (Wildman–Crippen MR) is 114 cm³/mol. The van der Waals surface area contributed by atoms with E-state index in [0.717, 1.165) is 62.5 Å². The number of carboxylic acids is 2. The van der Waals surface area contributed by atoms with Crippen LogP contribution in [0.3, 0.4) is 0 Å². The molecule has 0 fully saturated rings. The molecule has 158 valence electrons. The Morgan fingerprint density at radius 1 is 0.750 bits per heavy atom. The molecule has 2 N–H and O–H groups in total. The highest BCUT2D eigenvalue weighted by Crippen LogP contribution is 2.27. The van der Waals surface area contributed by atoms with E-state index in [4.69, 9.17) is 0 Å². The molecule has 1 rings (SSSR count). The third-order valence-electron chi connectivity index (χ3n) is 5.89. The van der Waals surface area contributed by atoms with Crippen molar-refractivity contribution in [1.82, 2.24) is 0 Å². The van der Waals surface area contributed by atoms with Crippen molar-refractivity contribution in [2.45, 2.75) is 91.9 Å². The molecule has 4 nitrogen and oxygen atoms in total. The second-order valence-corrected chi connectivity index (χ2v) is 8.02. The normalized spacial score (nSPS) is 13.3. The van der Waals surface area contributed by atoms with Gasteiger partial charge in [0.2, 0.25) is 0 Å². The molecule has 0 bridgehead atoms. The first-order valence-corrected chi connectivity index (χ1v) is 11.0. The van der Waals surface area contributed by atoms with Crippen LogP contribution in [0.4, 0.5) is 0 Å². The van der Waals surface area contributed by atoms with Crippen LogP contribution >= 0.6 is 0 Å². The summed E-state index contributed by atoms with van der Waals surface area (Å²) in [6, 6.07) is 3.28. The van der Waals surface area contributed by atoms with E-state index in [1.807, 2.05) is 6.07 Å². The Bertz CT molecular complexity index is 584. The maximum Gasteiger partial charge on any atom is 0.335 e. The number of unbranched alkanes of at least 4 members (excludes halogenated alkanes) is 2. The molecular weight excluding hydrogens is 352 g/mol. The highest BCUT2D eigenvalue weighted by atomic mass is 16.4. The zero-order valence-corrected chi connectivity index (χ0v) is 18.1. The third kappa shape index (κ3) is 7.29. The van der Waals surface area contributed by atoms with Gasteiger partial charge in [0.1, 0.15) is 0 Å². The number of rotatable bonds is 14. The van der Waals surface area contributed by atoms with Gasteiger partial charge < -0.3 is 10.2 Å². The van der Waals surface area contributed by atoms with E-state index in [-0.39, 0.29) is 11.1 Å². The van der Waals surface area contributed by atoms with Gasteiger partial charge in [0.05, 0.1) is 11.1 Å². The van der Waals surface area contributed by atoms with E-state index < -0.39 is 11.9 Å². The van der Waals surface area contributed by atoms with Gasteiger partial charge in [0.25, 0.3) is 0 Å². The molecule has 28 heavy (non-hydrogen) atoms. The SMILES string of the molecule is CCCCC(CC)Cc1cc(CC(CC)CCCC)c(C(=O)O)cc1C(=O)O. The molecule has 0 aliphatic heterocycles. The largest absolute Gasteiger partial charge is 0.478 e. The minimum atomic E-state index is -1.03. The highest BCUT2D eigenvalue weighted by molar-refractivity contribution is 5.96. The van der Waals surface area contributed by atoms with Crippen molar-refractivity contribution in [3.63, 3.8) is 0 Å². The Labute approximate surface area is 170 Å². The van der Waals surface area contributed by atoms with Crippen LogP contribution in [0.15, 0.2) is 12.1 Å². The van der Waals surface area contributed by atoms with Gasteiger partial charge in [-0.25, -0.2) is 9.59 Å². The van der Waals surface area contributed by atoms with Crippen molar-refractivity contribution in [2.24, 2.45) is 11.8 Å². The number of hydrogen-bond acceptors (Lipinski definition) is 2. The Balaban J connectivity index is 3.29. The van der Waals surface area contributed by atoms with Gasteiger partial charge in [-0.15, -0.1) is 0 Å². The van der Waals surface area contributed by atoms with Crippen molar-refractivity contribution in [3.8, 4) is 0 Å². The highest BCUT2D eigenvalue weighted by Gasteiger charge is 2.22. The monoisotopic (exact) mass is 390 g/mol. The average molecular weight is 391 g/mol. The molecule has 0 spiro atoms. The zero-order valence-electron chi connectivity index (χ0n) is 18.1. The number of benzene rings is 1. The van der Waals surface area contributed by atoms with Gasteiger partial charge in [0, 0.05) is 0 Å². The zero-order chi connectivity index (χ0) is 21.1. The lowest BCUT2D eigenvalue weighted by Crippen LogP contribution is -2.15. The summed E-state index contributed by atoms with van der Waals surface area (Å²) in [6.45, 7) is 8.61. The molecule has 0 amide bonds.